The fourth-order valence-corrected chi connectivity index (χ4v) is 3.55. The number of aromatic nitrogens is 3. The topological polar surface area (TPSA) is 62.7 Å². The lowest BCUT2D eigenvalue weighted by atomic mass is 10.0. The summed E-state index contributed by atoms with van der Waals surface area (Å²) < 4.78 is 1.82. The fourth-order valence-electron chi connectivity index (χ4n) is 3.55. The molecule has 1 aromatic carbocycles. The predicted octanol–water partition coefficient (Wildman–Crippen LogP) is 3.64. The number of fused-ring (bicyclic) bond motifs is 1. The lowest BCUT2D eigenvalue weighted by Crippen LogP contribution is -2.30. The Balaban J connectivity index is 1.86. The molecule has 25 heavy (non-hydrogen) atoms. The molecule has 0 bridgehead atoms. The zero-order valence-electron chi connectivity index (χ0n) is 15.6. The minimum Gasteiger partial charge on any atom is -0.358 e. The van der Waals surface area contributed by atoms with Crippen molar-refractivity contribution in [3.05, 3.63) is 52.5 Å². The first-order chi connectivity index (χ1) is 11.9. The normalized spacial score (nSPS) is 12.5. The van der Waals surface area contributed by atoms with Gasteiger partial charge in [0.15, 0.2) is 0 Å². The molecule has 0 aliphatic heterocycles. The van der Waals surface area contributed by atoms with Gasteiger partial charge in [-0.05, 0) is 49.9 Å². The van der Waals surface area contributed by atoms with Gasteiger partial charge >= 0.3 is 0 Å². The van der Waals surface area contributed by atoms with E-state index in [1.54, 1.807) is 6.20 Å². The van der Waals surface area contributed by atoms with E-state index in [0.29, 0.717) is 6.42 Å². The van der Waals surface area contributed by atoms with Gasteiger partial charge in [0.1, 0.15) is 0 Å². The van der Waals surface area contributed by atoms with E-state index in [1.807, 2.05) is 24.7 Å². The maximum absolute atomic E-state index is 12.7. The van der Waals surface area contributed by atoms with Crippen LogP contribution in [0.2, 0.25) is 0 Å². The van der Waals surface area contributed by atoms with Gasteiger partial charge in [0.25, 0.3) is 0 Å². The van der Waals surface area contributed by atoms with E-state index in [1.165, 1.54) is 16.5 Å². The van der Waals surface area contributed by atoms with Crippen LogP contribution in [-0.2, 0) is 18.3 Å². The predicted molar refractivity (Wildman–Crippen MR) is 101 cm³/mol. The number of aromatic amines is 1. The van der Waals surface area contributed by atoms with Crippen LogP contribution in [0.3, 0.4) is 0 Å². The molecule has 0 radical (unpaired) electrons. The molecule has 1 amide bonds. The minimum absolute atomic E-state index is 0.0201. The maximum Gasteiger partial charge on any atom is 0.225 e. The SMILES string of the molecule is CCC(NC(=O)Cc1c(C)[nH]c2c(C)ccc(C)c12)c1ccnn1C. The summed E-state index contributed by atoms with van der Waals surface area (Å²) in [5, 5.41) is 8.55. The third-order valence-corrected chi connectivity index (χ3v) is 4.99. The van der Waals surface area contributed by atoms with E-state index in [4.69, 9.17) is 0 Å². The first-order valence-electron chi connectivity index (χ1n) is 8.77. The number of rotatable bonds is 5. The Hall–Kier alpha value is -2.56. The molecular formula is C20H26N4O. The second-order valence-corrected chi connectivity index (χ2v) is 6.76. The van der Waals surface area contributed by atoms with Gasteiger partial charge in [-0.25, -0.2) is 0 Å². The molecule has 0 saturated carbocycles. The summed E-state index contributed by atoms with van der Waals surface area (Å²) in [6.45, 7) is 8.31. The fraction of sp³-hybridized carbons (Fsp3) is 0.400. The van der Waals surface area contributed by atoms with Crippen LogP contribution in [0, 0.1) is 20.8 Å². The summed E-state index contributed by atoms with van der Waals surface area (Å²) in [5.74, 6) is 0.0398. The Morgan fingerprint density at radius 1 is 1.24 bits per heavy atom. The van der Waals surface area contributed by atoms with Crippen LogP contribution in [-0.4, -0.2) is 20.7 Å². The summed E-state index contributed by atoms with van der Waals surface area (Å²) in [7, 11) is 1.90. The number of carbonyl (C=O) groups excluding carboxylic acids is 1. The number of benzene rings is 1. The highest BCUT2D eigenvalue weighted by Crippen LogP contribution is 2.28. The summed E-state index contributed by atoms with van der Waals surface area (Å²) in [6.07, 6.45) is 2.97. The van der Waals surface area contributed by atoms with Crippen molar-refractivity contribution >= 4 is 16.8 Å². The largest absolute Gasteiger partial charge is 0.358 e. The second kappa shape index (κ2) is 6.75. The van der Waals surface area contributed by atoms with Gasteiger partial charge in [-0.1, -0.05) is 19.1 Å². The van der Waals surface area contributed by atoms with Crippen molar-refractivity contribution < 1.29 is 4.79 Å². The quantitative estimate of drug-likeness (QED) is 0.746. The molecule has 2 N–H and O–H groups in total. The number of aryl methyl sites for hydroxylation is 4. The molecule has 2 aromatic heterocycles. The Morgan fingerprint density at radius 3 is 2.60 bits per heavy atom. The minimum atomic E-state index is -0.0201. The van der Waals surface area contributed by atoms with Crippen LogP contribution in [0.15, 0.2) is 24.4 Å². The average molecular weight is 338 g/mol. The molecule has 132 valence electrons. The number of nitrogens with one attached hydrogen (secondary N) is 2. The van der Waals surface area contributed by atoms with Crippen molar-refractivity contribution in [1.82, 2.24) is 20.1 Å². The highest BCUT2D eigenvalue weighted by molar-refractivity contribution is 5.93. The van der Waals surface area contributed by atoms with Crippen molar-refractivity contribution in [2.45, 2.75) is 46.6 Å². The number of amides is 1. The van der Waals surface area contributed by atoms with Crippen molar-refractivity contribution in [2.24, 2.45) is 7.05 Å². The van der Waals surface area contributed by atoms with Gasteiger partial charge in [-0.3, -0.25) is 9.48 Å². The molecule has 2 heterocycles. The van der Waals surface area contributed by atoms with Crippen LogP contribution >= 0.6 is 0 Å². The molecule has 0 spiro atoms. The van der Waals surface area contributed by atoms with Crippen molar-refractivity contribution in [3.8, 4) is 0 Å². The molecule has 3 rings (SSSR count). The van der Waals surface area contributed by atoms with Crippen LogP contribution in [0.5, 0.6) is 0 Å². The van der Waals surface area contributed by atoms with Gasteiger partial charge < -0.3 is 10.3 Å². The standard InChI is InChI=1S/C20H26N4O/c1-6-16(17-9-10-21-24(17)5)23-18(25)11-15-14(4)22-20-13(3)8-7-12(2)19(15)20/h7-10,16,22H,6,11H2,1-5H3,(H,23,25). The van der Waals surface area contributed by atoms with Crippen molar-refractivity contribution in [3.63, 3.8) is 0 Å². The lowest BCUT2D eigenvalue weighted by molar-refractivity contribution is -0.121. The van der Waals surface area contributed by atoms with E-state index >= 15 is 0 Å². The number of hydrogen-bond donors (Lipinski definition) is 2. The van der Waals surface area contributed by atoms with E-state index in [-0.39, 0.29) is 11.9 Å². The lowest BCUT2D eigenvalue weighted by Gasteiger charge is -2.17. The van der Waals surface area contributed by atoms with Crippen LogP contribution < -0.4 is 5.32 Å². The average Bonchev–Trinajstić information content (AvgIpc) is 3.14. The third kappa shape index (κ3) is 3.18. The van der Waals surface area contributed by atoms with E-state index < -0.39 is 0 Å². The van der Waals surface area contributed by atoms with Gasteiger partial charge in [0, 0.05) is 29.8 Å². The molecule has 3 aromatic rings. The first kappa shape index (κ1) is 17.3. The molecule has 0 aliphatic carbocycles. The number of nitrogens with zero attached hydrogens (tertiary/aromatic N) is 2. The summed E-state index contributed by atoms with van der Waals surface area (Å²) in [5.41, 5.74) is 6.73. The summed E-state index contributed by atoms with van der Waals surface area (Å²) in [4.78, 5) is 16.2. The van der Waals surface area contributed by atoms with E-state index in [0.717, 1.165) is 28.9 Å². The van der Waals surface area contributed by atoms with Gasteiger partial charge in [0.2, 0.25) is 5.91 Å². The third-order valence-electron chi connectivity index (χ3n) is 4.99. The molecule has 1 atom stereocenters. The molecule has 0 fully saturated rings. The smallest absolute Gasteiger partial charge is 0.225 e. The van der Waals surface area contributed by atoms with Crippen molar-refractivity contribution in [2.75, 3.05) is 0 Å². The Kier molecular flexibility index (Phi) is 4.66. The van der Waals surface area contributed by atoms with Gasteiger partial charge in [-0.15, -0.1) is 0 Å². The number of hydrogen-bond acceptors (Lipinski definition) is 2. The molecule has 5 heteroatoms. The van der Waals surface area contributed by atoms with Gasteiger partial charge in [-0.2, -0.15) is 5.10 Å². The van der Waals surface area contributed by atoms with Crippen LogP contribution in [0.1, 0.15) is 47.5 Å². The second-order valence-electron chi connectivity index (χ2n) is 6.76. The maximum atomic E-state index is 12.7. The molecule has 5 nitrogen and oxygen atoms in total. The number of H-pyrrole nitrogens is 1. The molecule has 0 saturated heterocycles. The van der Waals surface area contributed by atoms with Crippen molar-refractivity contribution in [1.29, 1.82) is 0 Å². The monoisotopic (exact) mass is 338 g/mol. The Labute approximate surface area is 148 Å². The van der Waals surface area contributed by atoms with Crippen LogP contribution in [0.25, 0.3) is 10.9 Å². The molecule has 1 unspecified atom stereocenters. The number of carbonyl (C=O) groups is 1. The molecular weight excluding hydrogens is 312 g/mol. The van der Waals surface area contributed by atoms with E-state index in [9.17, 15) is 4.79 Å². The summed E-state index contributed by atoms with van der Waals surface area (Å²) in [6, 6.07) is 6.18. The molecule has 0 aliphatic rings. The van der Waals surface area contributed by atoms with E-state index in [2.05, 4.69) is 48.3 Å². The summed E-state index contributed by atoms with van der Waals surface area (Å²) >= 11 is 0. The zero-order chi connectivity index (χ0) is 18.1. The highest BCUT2D eigenvalue weighted by Gasteiger charge is 2.19. The Bertz CT molecular complexity index is 919. The first-order valence-corrected chi connectivity index (χ1v) is 8.77. The Morgan fingerprint density at radius 2 is 1.96 bits per heavy atom. The zero-order valence-corrected chi connectivity index (χ0v) is 15.6. The van der Waals surface area contributed by atoms with Crippen LogP contribution in [0.4, 0.5) is 0 Å². The highest BCUT2D eigenvalue weighted by atomic mass is 16.1. The van der Waals surface area contributed by atoms with Gasteiger partial charge in [0.05, 0.1) is 18.2 Å².